The van der Waals surface area contributed by atoms with E-state index in [0.717, 1.165) is 12.8 Å². The summed E-state index contributed by atoms with van der Waals surface area (Å²) in [4.78, 5) is 10.9. The highest BCUT2D eigenvalue weighted by molar-refractivity contribution is 5.73. The van der Waals surface area contributed by atoms with E-state index in [0.29, 0.717) is 6.04 Å². The van der Waals surface area contributed by atoms with Crippen LogP contribution in [0, 0.1) is 6.92 Å². The Hall–Kier alpha value is -1.31. The van der Waals surface area contributed by atoms with E-state index in [-0.39, 0.29) is 5.91 Å². The second kappa shape index (κ2) is 3.45. The van der Waals surface area contributed by atoms with Crippen LogP contribution in [0.25, 0.3) is 0 Å². The molecule has 1 aliphatic rings. The standard InChI is InChI=1S/C12H15NO/c1-8-3-4-10-6-12(13-9(2)14)7-11(10)5-8/h3-5,12H,6-7H2,1-2H3,(H,13,14)/t12-/m0/s1. The van der Waals surface area contributed by atoms with Crippen LogP contribution in [0.2, 0.25) is 0 Å². The first-order valence-corrected chi connectivity index (χ1v) is 5.00. The van der Waals surface area contributed by atoms with E-state index in [2.05, 4.69) is 30.4 Å². The third-order valence-corrected chi connectivity index (χ3v) is 2.70. The van der Waals surface area contributed by atoms with Crippen molar-refractivity contribution in [1.29, 1.82) is 0 Å². The molecule has 0 heterocycles. The van der Waals surface area contributed by atoms with Gasteiger partial charge in [0.25, 0.3) is 0 Å². The molecule has 0 unspecified atom stereocenters. The predicted molar refractivity (Wildman–Crippen MR) is 56.2 cm³/mol. The second-order valence-electron chi connectivity index (χ2n) is 4.08. The molecule has 2 heteroatoms. The third-order valence-electron chi connectivity index (χ3n) is 2.70. The molecule has 14 heavy (non-hydrogen) atoms. The lowest BCUT2D eigenvalue weighted by Crippen LogP contribution is -2.33. The maximum atomic E-state index is 10.9. The molecular formula is C12H15NO. The van der Waals surface area contributed by atoms with Crippen LogP contribution in [0.5, 0.6) is 0 Å². The largest absolute Gasteiger partial charge is 0.353 e. The van der Waals surface area contributed by atoms with Gasteiger partial charge in [0.1, 0.15) is 0 Å². The molecule has 0 aliphatic heterocycles. The summed E-state index contributed by atoms with van der Waals surface area (Å²) < 4.78 is 0. The van der Waals surface area contributed by atoms with Gasteiger partial charge in [0.05, 0.1) is 0 Å². The number of aryl methyl sites for hydroxylation is 1. The van der Waals surface area contributed by atoms with Gasteiger partial charge in [-0.2, -0.15) is 0 Å². The topological polar surface area (TPSA) is 29.1 Å². The number of fused-ring (bicyclic) bond motifs is 1. The molecule has 1 aromatic rings. The summed E-state index contributed by atoms with van der Waals surface area (Å²) in [6.07, 6.45) is 1.96. The van der Waals surface area contributed by atoms with Crippen LogP contribution in [-0.2, 0) is 17.6 Å². The van der Waals surface area contributed by atoms with Crippen molar-refractivity contribution in [2.24, 2.45) is 0 Å². The Labute approximate surface area is 84.3 Å². The fourth-order valence-electron chi connectivity index (χ4n) is 2.14. The summed E-state index contributed by atoms with van der Waals surface area (Å²) in [7, 11) is 0. The van der Waals surface area contributed by atoms with E-state index >= 15 is 0 Å². The van der Waals surface area contributed by atoms with Crippen LogP contribution in [0.3, 0.4) is 0 Å². The molecule has 0 bridgehead atoms. The molecule has 1 atom stereocenters. The molecule has 0 spiro atoms. The molecule has 0 fully saturated rings. The van der Waals surface area contributed by atoms with Gasteiger partial charge in [0.15, 0.2) is 0 Å². The Morgan fingerprint density at radius 3 is 2.79 bits per heavy atom. The summed E-state index contributed by atoms with van der Waals surface area (Å²) in [6, 6.07) is 6.84. The maximum Gasteiger partial charge on any atom is 0.217 e. The first-order valence-electron chi connectivity index (χ1n) is 5.00. The normalized spacial score (nSPS) is 19.1. The molecule has 1 amide bonds. The van der Waals surface area contributed by atoms with Gasteiger partial charge >= 0.3 is 0 Å². The summed E-state index contributed by atoms with van der Waals surface area (Å²) >= 11 is 0. The zero-order chi connectivity index (χ0) is 10.1. The van der Waals surface area contributed by atoms with E-state index in [9.17, 15) is 4.79 Å². The molecule has 2 nitrogen and oxygen atoms in total. The lowest BCUT2D eigenvalue weighted by molar-refractivity contribution is -0.119. The Bertz CT molecular complexity index is 371. The number of rotatable bonds is 1. The van der Waals surface area contributed by atoms with Gasteiger partial charge in [-0.1, -0.05) is 23.8 Å². The fraction of sp³-hybridized carbons (Fsp3) is 0.417. The average Bonchev–Trinajstić information content (AvgIpc) is 2.44. The highest BCUT2D eigenvalue weighted by atomic mass is 16.1. The minimum Gasteiger partial charge on any atom is -0.353 e. The molecule has 0 saturated carbocycles. The monoisotopic (exact) mass is 189 g/mol. The van der Waals surface area contributed by atoms with Gasteiger partial charge in [0.2, 0.25) is 5.91 Å². The second-order valence-corrected chi connectivity index (χ2v) is 4.08. The van der Waals surface area contributed by atoms with Crippen molar-refractivity contribution in [2.75, 3.05) is 0 Å². The van der Waals surface area contributed by atoms with E-state index in [1.54, 1.807) is 6.92 Å². The fourth-order valence-corrected chi connectivity index (χ4v) is 2.14. The lowest BCUT2D eigenvalue weighted by atomic mass is 10.1. The number of hydrogen-bond donors (Lipinski definition) is 1. The molecule has 74 valence electrons. The zero-order valence-corrected chi connectivity index (χ0v) is 8.63. The van der Waals surface area contributed by atoms with Crippen LogP contribution in [-0.4, -0.2) is 11.9 Å². The number of carbonyl (C=O) groups is 1. The minimum absolute atomic E-state index is 0.0690. The van der Waals surface area contributed by atoms with Crippen LogP contribution in [0.15, 0.2) is 18.2 Å². The summed E-state index contributed by atoms with van der Waals surface area (Å²) in [6.45, 7) is 3.68. The van der Waals surface area contributed by atoms with E-state index in [1.165, 1.54) is 16.7 Å². The van der Waals surface area contributed by atoms with E-state index < -0.39 is 0 Å². The van der Waals surface area contributed by atoms with Crippen LogP contribution in [0.1, 0.15) is 23.6 Å². The van der Waals surface area contributed by atoms with Gasteiger partial charge < -0.3 is 5.32 Å². The van der Waals surface area contributed by atoms with Crippen molar-refractivity contribution in [3.05, 3.63) is 34.9 Å². The lowest BCUT2D eigenvalue weighted by Gasteiger charge is -2.08. The zero-order valence-electron chi connectivity index (χ0n) is 8.63. The molecule has 2 rings (SSSR count). The molecule has 1 aliphatic carbocycles. The summed E-state index contributed by atoms with van der Waals surface area (Å²) in [5.74, 6) is 0.0690. The van der Waals surface area contributed by atoms with Crippen LogP contribution >= 0.6 is 0 Å². The number of benzene rings is 1. The quantitative estimate of drug-likeness (QED) is 0.714. The molecule has 1 N–H and O–H groups in total. The molecule has 0 aromatic heterocycles. The van der Waals surface area contributed by atoms with Gasteiger partial charge in [-0.25, -0.2) is 0 Å². The van der Waals surface area contributed by atoms with Crippen molar-refractivity contribution in [3.8, 4) is 0 Å². The van der Waals surface area contributed by atoms with Crippen molar-refractivity contribution in [3.63, 3.8) is 0 Å². The molecular weight excluding hydrogens is 174 g/mol. The maximum absolute atomic E-state index is 10.9. The highest BCUT2D eigenvalue weighted by Crippen LogP contribution is 2.23. The summed E-state index contributed by atoms with van der Waals surface area (Å²) in [5, 5.41) is 2.97. The Balaban J connectivity index is 2.14. The van der Waals surface area contributed by atoms with E-state index in [1.807, 2.05) is 0 Å². The number of carbonyl (C=O) groups excluding carboxylic acids is 1. The van der Waals surface area contributed by atoms with Crippen LogP contribution < -0.4 is 5.32 Å². The Kier molecular flexibility index (Phi) is 2.28. The van der Waals surface area contributed by atoms with Gasteiger partial charge in [-0.3, -0.25) is 4.79 Å². The summed E-state index contributed by atoms with van der Waals surface area (Å²) in [5.41, 5.74) is 4.07. The van der Waals surface area contributed by atoms with Crippen molar-refractivity contribution in [1.82, 2.24) is 5.32 Å². The SMILES string of the molecule is CC(=O)N[C@H]1Cc2ccc(C)cc2C1. The van der Waals surface area contributed by atoms with Gasteiger partial charge in [-0.05, 0) is 30.9 Å². The van der Waals surface area contributed by atoms with Crippen molar-refractivity contribution < 1.29 is 4.79 Å². The predicted octanol–water partition coefficient (Wildman–Crippen LogP) is 1.60. The van der Waals surface area contributed by atoms with Crippen molar-refractivity contribution >= 4 is 5.91 Å². The first kappa shape index (κ1) is 9.25. The number of hydrogen-bond acceptors (Lipinski definition) is 1. The Morgan fingerprint density at radius 1 is 1.36 bits per heavy atom. The Morgan fingerprint density at radius 2 is 2.07 bits per heavy atom. The minimum atomic E-state index is 0.0690. The van der Waals surface area contributed by atoms with Crippen LogP contribution in [0.4, 0.5) is 0 Å². The molecule has 0 saturated heterocycles. The highest BCUT2D eigenvalue weighted by Gasteiger charge is 2.21. The van der Waals surface area contributed by atoms with E-state index in [4.69, 9.17) is 0 Å². The average molecular weight is 189 g/mol. The number of nitrogens with one attached hydrogen (secondary N) is 1. The van der Waals surface area contributed by atoms with Crippen molar-refractivity contribution in [2.45, 2.75) is 32.7 Å². The molecule has 1 aromatic carbocycles. The van der Waals surface area contributed by atoms with Gasteiger partial charge in [0, 0.05) is 13.0 Å². The smallest absolute Gasteiger partial charge is 0.217 e. The number of amides is 1. The molecule has 0 radical (unpaired) electrons. The first-order chi connectivity index (χ1) is 6.65. The van der Waals surface area contributed by atoms with Gasteiger partial charge in [-0.15, -0.1) is 0 Å². The third kappa shape index (κ3) is 1.79.